The van der Waals surface area contributed by atoms with E-state index in [4.69, 9.17) is 0 Å². The third-order valence-corrected chi connectivity index (χ3v) is 1.66. The first kappa shape index (κ1) is 10.5. The van der Waals surface area contributed by atoms with E-state index in [0.717, 1.165) is 6.07 Å². The van der Waals surface area contributed by atoms with Crippen LogP contribution in [-0.2, 0) is 6.18 Å². The minimum atomic E-state index is -4.68. The zero-order chi connectivity index (χ0) is 10.9. The summed E-state index contributed by atoms with van der Waals surface area (Å²) in [6.45, 7) is 1.49. The highest BCUT2D eigenvalue weighted by Crippen LogP contribution is 2.36. The average Bonchev–Trinajstić information content (AvgIpc) is 2.01. The molecule has 0 radical (unpaired) electrons. The summed E-state index contributed by atoms with van der Waals surface area (Å²) in [4.78, 5) is 9.29. The second kappa shape index (κ2) is 3.28. The van der Waals surface area contributed by atoms with E-state index in [1.165, 1.54) is 13.0 Å². The number of rotatable bonds is 1. The molecule has 0 aliphatic carbocycles. The van der Waals surface area contributed by atoms with Crippen LogP contribution in [0.3, 0.4) is 0 Å². The lowest BCUT2D eigenvalue weighted by molar-refractivity contribution is -0.388. The Morgan fingerprint density at radius 2 is 1.93 bits per heavy atom. The van der Waals surface area contributed by atoms with E-state index in [9.17, 15) is 23.3 Å². The molecule has 0 atom stereocenters. The van der Waals surface area contributed by atoms with Crippen molar-refractivity contribution in [3.63, 3.8) is 0 Å². The van der Waals surface area contributed by atoms with Crippen molar-refractivity contribution in [3.05, 3.63) is 39.4 Å². The van der Waals surface area contributed by atoms with Crippen LogP contribution in [0.2, 0.25) is 0 Å². The maximum absolute atomic E-state index is 12.2. The van der Waals surface area contributed by atoms with E-state index >= 15 is 0 Å². The van der Waals surface area contributed by atoms with Crippen LogP contribution in [0.4, 0.5) is 18.9 Å². The van der Waals surface area contributed by atoms with Gasteiger partial charge in [-0.05, 0) is 18.6 Å². The van der Waals surface area contributed by atoms with Crippen molar-refractivity contribution >= 4 is 5.69 Å². The van der Waals surface area contributed by atoms with Gasteiger partial charge in [-0.25, -0.2) is 0 Å². The van der Waals surface area contributed by atoms with Gasteiger partial charge in [0.1, 0.15) is 5.56 Å². The molecule has 0 spiro atoms. The molecule has 6 heteroatoms. The van der Waals surface area contributed by atoms with Crippen molar-refractivity contribution in [1.82, 2.24) is 0 Å². The molecule has 14 heavy (non-hydrogen) atoms. The van der Waals surface area contributed by atoms with Crippen molar-refractivity contribution in [3.8, 4) is 0 Å². The molecule has 0 saturated carbocycles. The van der Waals surface area contributed by atoms with Gasteiger partial charge in [0.05, 0.1) is 4.92 Å². The number of nitro groups is 1. The zero-order valence-corrected chi connectivity index (χ0v) is 7.13. The second-order valence-corrected chi connectivity index (χ2v) is 2.78. The molecule has 0 amide bonds. The van der Waals surface area contributed by atoms with Crippen molar-refractivity contribution in [2.24, 2.45) is 0 Å². The predicted molar refractivity (Wildman–Crippen MR) is 42.8 cm³/mol. The molecule has 0 unspecified atom stereocenters. The van der Waals surface area contributed by atoms with Crippen LogP contribution in [0.15, 0.2) is 18.2 Å². The van der Waals surface area contributed by atoms with E-state index in [2.05, 4.69) is 0 Å². The third-order valence-electron chi connectivity index (χ3n) is 1.66. The molecule has 0 fully saturated rings. The minimum Gasteiger partial charge on any atom is -0.258 e. The highest BCUT2D eigenvalue weighted by Gasteiger charge is 2.37. The normalized spacial score (nSPS) is 11.4. The predicted octanol–water partition coefficient (Wildman–Crippen LogP) is 2.92. The molecule has 0 saturated heterocycles. The Morgan fingerprint density at radius 1 is 1.36 bits per heavy atom. The van der Waals surface area contributed by atoms with Gasteiger partial charge in [-0.1, -0.05) is 6.07 Å². The summed E-state index contributed by atoms with van der Waals surface area (Å²) in [5, 5.41) is 10.3. The molecule has 0 N–H and O–H groups in total. The molecule has 3 nitrogen and oxygen atoms in total. The summed E-state index contributed by atoms with van der Waals surface area (Å²) < 4.78 is 36.7. The van der Waals surface area contributed by atoms with Gasteiger partial charge in [0.15, 0.2) is 0 Å². The largest absolute Gasteiger partial charge is 0.422 e. The molecule has 1 aromatic carbocycles. The van der Waals surface area contributed by atoms with E-state index in [-0.39, 0.29) is 0 Å². The standard InChI is InChI=1S/C8H6F3NO2/c1-5-2-3-6(8(9,10)11)7(4-5)12(13)14/h2-4H,1H3. The Hall–Kier alpha value is -1.59. The molecule has 0 aliphatic rings. The summed E-state index contributed by atoms with van der Waals surface area (Å²) in [5.74, 6) is 0. The highest BCUT2D eigenvalue weighted by atomic mass is 19.4. The Kier molecular flexibility index (Phi) is 2.46. The zero-order valence-electron chi connectivity index (χ0n) is 7.13. The van der Waals surface area contributed by atoms with Gasteiger partial charge in [-0.3, -0.25) is 10.1 Å². The molecule has 0 aromatic heterocycles. The van der Waals surface area contributed by atoms with Gasteiger partial charge in [0, 0.05) is 6.07 Å². The quantitative estimate of drug-likeness (QED) is 0.522. The van der Waals surface area contributed by atoms with Crippen LogP contribution in [0.25, 0.3) is 0 Å². The minimum absolute atomic E-state index is 0.421. The van der Waals surface area contributed by atoms with Crippen molar-refractivity contribution in [1.29, 1.82) is 0 Å². The van der Waals surface area contributed by atoms with Gasteiger partial charge >= 0.3 is 6.18 Å². The molecular weight excluding hydrogens is 199 g/mol. The Morgan fingerprint density at radius 3 is 2.36 bits per heavy atom. The number of hydrogen-bond acceptors (Lipinski definition) is 2. The summed E-state index contributed by atoms with van der Waals surface area (Å²) in [5.41, 5.74) is -1.70. The van der Waals surface area contributed by atoms with Crippen LogP contribution in [0.5, 0.6) is 0 Å². The van der Waals surface area contributed by atoms with E-state index in [1.54, 1.807) is 0 Å². The number of alkyl halides is 3. The number of nitrogens with zero attached hydrogens (tertiary/aromatic N) is 1. The lowest BCUT2D eigenvalue weighted by Crippen LogP contribution is -2.08. The summed E-state index contributed by atoms with van der Waals surface area (Å²) in [6.07, 6.45) is -4.68. The fourth-order valence-electron chi connectivity index (χ4n) is 1.03. The van der Waals surface area contributed by atoms with Gasteiger partial charge in [-0.15, -0.1) is 0 Å². The van der Waals surface area contributed by atoms with Crippen LogP contribution in [-0.4, -0.2) is 4.92 Å². The van der Waals surface area contributed by atoms with Crippen LogP contribution in [0, 0.1) is 17.0 Å². The van der Waals surface area contributed by atoms with Crippen LogP contribution >= 0.6 is 0 Å². The maximum Gasteiger partial charge on any atom is 0.422 e. The number of aryl methyl sites for hydroxylation is 1. The van der Waals surface area contributed by atoms with E-state index in [0.29, 0.717) is 11.6 Å². The molecule has 1 aromatic rings. The lowest BCUT2D eigenvalue weighted by Gasteiger charge is -2.07. The van der Waals surface area contributed by atoms with E-state index < -0.39 is 22.4 Å². The topological polar surface area (TPSA) is 43.1 Å². The van der Waals surface area contributed by atoms with Gasteiger partial charge in [-0.2, -0.15) is 13.2 Å². The first-order chi connectivity index (χ1) is 6.32. The van der Waals surface area contributed by atoms with Crippen LogP contribution in [0.1, 0.15) is 11.1 Å². The van der Waals surface area contributed by atoms with Gasteiger partial charge in [0.2, 0.25) is 0 Å². The first-order valence-electron chi connectivity index (χ1n) is 3.64. The number of nitro benzene ring substituents is 1. The molecule has 0 bridgehead atoms. The Labute approximate surface area is 77.3 Å². The third kappa shape index (κ3) is 2.01. The summed E-state index contributed by atoms with van der Waals surface area (Å²) in [7, 11) is 0. The lowest BCUT2D eigenvalue weighted by atomic mass is 10.1. The number of halogens is 3. The molecule has 76 valence electrons. The first-order valence-corrected chi connectivity index (χ1v) is 3.64. The van der Waals surface area contributed by atoms with Crippen molar-refractivity contribution < 1.29 is 18.1 Å². The molecule has 0 aliphatic heterocycles. The Balaban J connectivity index is 3.37. The van der Waals surface area contributed by atoms with Crippen molar-refractivity contribution in [2.45, 2.75) is 13.1 Å². The summed E-state index contributed by atoms with van der Waals surface area (Å²) in [6, 6.07) is 2.81. The van der Waals surface area contributed by atoms with Crippen LogP contribution < -0.4 is 0 Å². The van der Waals surface area contributed by atoms with Crippen molar-refractivity contribution in [2.75, 3.05) is 0 Å². The number of benzene rings is 1. The fourth-order valence-corrected chi connectivity index (χ4v) is 1.03. The van der Waals surface area contributed by atoms with Gasteiger partial charge in [0.25, 0.3) is 5.69 Å². The molecule has 1 rings (SSSR count). The van der Waals surface area contributed by atoms with E-state index in [1.807, 2.05) is 0 Å². The monoisotopic (exact) mass is 205 g/mol. The summed E-state index contributed by atoms with van der Waals surface area (Å²) >= 11 is 0. The van der Waals surface area contributed by atoms with Gasteiger partial charge < -0.3 is 0 Å². The smallest absolute Gasteiger partial charge is 0.258 e. The second-order valence-electron chi connectivity index (χ2n) is 2.78. The Bertz CT molecular complexity index is 373. The SMILES string of the molecule is Cc1ccc(C(F)(F)F)c([N+](=O)[O-])c1. The number of hydrogen-bond donors (Lipinski definition) is 0. The fraction of sp³-hybridized carbons (Fsp3) is 0.250. The molecular formula is C8H6F3NO2. The maximum atomic E-state index is 12.2. The molecule has 0 heterocycles. The average molecular weight is 205 g/mol. The highest BCUT2D eigenvalue weighted by molar-refractivity contribution is 5.44.